The number of likely N-dealkylation sites (N-methyl/N-ethyl adjacent to an activating group) is 1. The average molecular weight is 367 g/mol. The Bertz CT molecular complexity index is 534. The molecule has 1 atom stereocenters. The number of unbranched alkanes of at least 4 members (excludes halogenated alkanes) is 1. The summed E-state index contributed by atoms with van der Waals surface area (Å²) in [5.74, 6) is 0. The molecule has 0 radical (unpaired) electrons. The van der Waals surface area contributed by atoms with Crippen LogP contribution in [0.4, 0.5) is 4.79 Å². The molecule has 2 rings (SSSR count). The van der Waals surface area contributed by atoms with Crippen molar-refractivity contribution in [1.82, 2.24) is 10.2 Å². The lowest BCUT2D eigenvalue weighted by Crippen LogP contribution is -2.36. The summed E-state index contributed by atoms with van der Waals surface area (Å²) in [5, 5.41) is 7.30. The van der Waals surface area contributed by atoms with E-state index in [9.17, 15) is 4.79 Å². The molecule has 1 amide bonds. The Labute approximate surface area is 152 Å². The lowest BCUT2D eigenvalue weighted by Gasteiger charge is -2.23. The van der Waals surface area contributed by atoms with Gasteiger partial charge in [-0.1, -0.05) is 31.9 Å². The number of hydrogen-bond donors (Lipinski definition) is 1. The number of ether oxygens (including phenoxy) is 1. The first-order chi connectivity index (χ1) is 11.7. The maximum absolute atomic E-state index is 12.6. The van der Waals surface area contributed by atoms with Gasteiger partial charge in [0.05, 0.1) is 13.1 Å². The molecule has 0 fully saturated rings. The number of carbonyl (C=O) groups excluding carboxylic acids is 1. The Morgan fingerprint density at radius 1 is 1.21 bits per heavy atom. The summed E-state index contributed by atoms with van der Waals surface area (Å²) in [6.45, 7) is 3.77. The van der Waals surface area contributed by atoms with Crippen LogP contribution >= 0.6 is 22.7 Å². The van der Waals surface area contributed by atoms with Crippen molar-refractivity contribution in [2.24, 2.45) is 0 Å². The number of nitrogens with zero attached hydrogens (tertiary/aromatic N) is 1. The molecule has 2 aromatic heterocycles. The van der Waals surface area contributed by atoms with Crippen LogP contribution in [0.1, 0.15) is 35.9 Å². The van der Waals surface area contributed by atoms with Gasteiger partial charge in [0.1, 0.15) is 6.61 Å². The number of thiophene rings is 2. The zero-order chi connectivity index (χ0) is 17.2. The van der Waals surface area contributed by atoms with E-state index in [-0.39, 0.29) is 12.1 Å². The van der Waals surface area contributed by atoms with Crippen LogP contribution in [0.3, 0.4) is 0 Å². The Morgan fingerprint density at radius 2 is 1.83 bits per heavy atom. The number of nitrogens with one attached hydrogen (secondary N) is 1. The van der Waals surface area contributed by atoms with Crippen molar-refractivity contribution in [2.75, 3.05) is 13.7 Å². The molecule has 0 aliphatic heterocycles. The molecule has 24 heavy (non-hydrogen) atoms. The van der Waals surface area contributed by atoms with Gasteiger partial charge >= 0.3 is 6.09 Å². The van der Waals surface area contributed by atoms with Gasteiger partial charge in [-0.2, -0.15) is 0 Å². The van der Waals surface area contributed by atoms with Crippen LogP contribution in [0.25, 0.3) is 0 Å². The molecule has 4 nitrogen and oxygen atoms in total. The van der Waals surface area contributed by atoms with E-state index in [1.165, 1.54) is 9.75 Å². The SMILES string of the molecule is CCCCC(COC(=O)N(Cc1cccs1)Cc1cccs1)NC. The van der Waals surface area contributed by atoms with E-state index < -0.39 is 0 Å². The fourth-order valence-electron chi connectivity index (χ4n) is 2.39. The van der Waals surface area contributed by atoms with Gasteiger partial charge in [0.15, 0.2) is 0 Å². The quantitative estimate of drug-likeness (QED) is 0.661. The molecular weight excluding hydrogens is 340 g/mol. The van der Waals surface area contributed by atoms with Gasteiger partial charge in [0.2, 0.25) is 0 Å². The molecule has 6 heteroatoms. The molecular formula is C18H26N2O2S2. The van der Waals surface area contributed by atoms with Crippen molar-refractivity contribution in [3.8, 4) is 0 Å². The third kappa shape index (κ3) is 6.26. The molecule has 0 aliphatic carbocycles. The molecule has 2 aromatic rings. The summed E-state index contributed by atoms with van der Waals surface area (Å²) in [7, 11) is 1.92. The van der Waals surface area contributed by atoms with Gasteiger partial charge < -0.3 is 10.1 Å². The minimum atomic E-state index is -0.242. The number of carbonyl (C=O) groups is 1. The Hall–Kier alpha value is -1.37. The van der Waals surface area contributed by atoms with Gasteiger partial charge in [-0.25, -0.2) is 4.79 Å². The van der Waals surface area contributed by atoms with E-state index in [1.807, 2.05) is 29.9 Å². The highest BCUT2D eigenvalue weighted by atomic mass is 32.1. The zero-order valence-corrected chi connectivity index (χ0v) is 16.0. The minimum absolute atomic E-state index is 0.222. The average Bonchev–Trinajstić information content (AvgIpc) is 3.28. The lowest BCUT2D eigenvalue weighted by atomic mass is 10.1. The highest BCUT2D eigenvalue weighted by Gasteiger charge is 2.18. The lowest BCUT2D eigenvalue weighted by molar-refractivity contribution is 0.0882. The van der Waals surface area contributed by atoms with E-state index in [1.54, 1.807) is 27.6 Å². The fraction of sp³-hybridized carbons (Fsp3) is 0.500. The maximum Gasteiger partial charge on any atom is 0.410 e. The van der Waals surface area contributed by atoms with Crippen molar-refractivity contribution >= 4 is 28.8 Å². The van der Waals surface area contributed by atoms with Gasteiger partial charge in [-0.3, -0.25) is 4.90 Å². The third-order valence-electron chi connectivity index (χ3n) is 3.83. The summed E-state index contributed by atoms with van der Waals surface area (Å²) in [5.41, 5.74) is 0. The second kappa shape index (κ2) is 10.5. The molecule has 1 N–H and O–H groups in total. The smallest absolute Gasteiger partial charge is 0.410 e. The summed E-state index contributed by atoms with van der Waals surface area (Å²) in [4.78, 5) is 16.7. The Kier molecular flexibility index (Phi) is 8.28. The molecule has 0 saturated heterocycles. The minimum Gasteiger partial charge on any atom is -0.448 e. The van der Waals surface area contributed by atoms with Gasteiger partial charge in [0, 0.05) is 15.8 Å². The highest BCUT2D eigenvalue weighted by Crippen LogP contribution is 2.18. The first-order valence-electron chi connectivity index (χ1n) is 8.36. The zero-order valence-electron chi connectivity index (χ0n) is 14.4. The van der Waals surface area contributed by atoms with Crippen molar-refractivity contribution in [3.05, 3.63) is 44.8 Å². The molecule has 0 aromatic carbocycles. The van der Waals surface area contributed by atoms with Crippen LogP contribution in [-0.4, -0.2) is 30.7 Å². The highest BCUT2D eigenvalue weighted by molar-refractivity contribution is 7.10. The predicted molar refractivity (Wildman–Crippen MR) is 102 cm³/mol. The number of amides is 1. The van der Waals surface area contributed by atoms with Gasteiger partial charge in [0.25, 0.3) is 0 Å². The summed E-state index contributed by atoms with van der Waals surface area (Å²) >= 11 is 3.33. The van der Waals surface area contributed by atoms with Crippen LogP contribution in [0.2, 0.25) is 0 Å². The molecule has 1 unspecified atom stereocenters. The van der Waals surface area contributed by atoms with Crippen LogP contribution < -0.4 is 5.32 Å². The second-order valence-corrected chi connectivity index (χ2v) is 7.78. The molecule has 0 aliphatic rings. The third-order valence-corrected chi connectivity index (χ3v) is 5.56. The standard InChI is InChI=1S/C18H26N2O2S2/c1-3-4-7-15(19-2)14-22-18(21)20(12-16-8-5-10-23-16)13-17-9-6-11-24-17/h5-6,8-11,15,19H,3-4,7,12-14H2,1-2H3. The maximum atomic E-state index is 12.6. The topological polar surface area (TPSA) is 41.6 Å². The molecule has 0 saturated carbocycles. The predicted octanol–water partition coefficient (Wildman–Crippen LogP) is 4.73. The second-order valence-electron chi connectivity index (χ2n) is 5.72. The molecule has 2 heterocycles. The molecule has 0 bridgehead atoms. The monoisotopic (exact) mass is 366 g/mol. The Balaban J connectivity index is 1.93. The van der Waals surface area contributed by atoms with E-state index in [0.717, 1.165) is 19.3 Å². The van der Waals surface area contributed by atoms with Crippen molar-refractivity contribution < 1.29 is 9.53 Å². The van der Waals surface area contributed by atoms with E-state index >= 15 is 0 Å². The normalized spacial score (nSPS) is 12.1. The summed E-state index contributed by atoms with van der Waals surface area (Å²) < 4.78 is 5.59. The summed E-state index contributed by atoms with van der Waals surface area (Å²) in [6.07, 6.45) is 3.07. The van der Waals surface area contributed by atoms with Crippen LogP contribution in [0.15, 0.2) is 35.0 Å². The summed E-state index contributed by atoms with van der Waals surface area (Å²) in [6, 6.07) is 8.35. The van der Waals surface area contributed by atoms with Crippen LogP contribution in [-0.2, 0) is 17.8 Å². The van der Waals surface area contributed by atoms with E-state index in [4.69, 9.17) is 4.74 Å². The van der Waals surface area contributed by atoms with E-state index in [0.29, 0.717) is 19.7 Å². The van der Waals surface area contributed by atoms with Crippen LogP contribution in [0, 0.1) is 0 Å². The first-order valence-corrected chi connectivity index (χ1v) is 10.1. The first kappa shape index (κ1) is 19.0. The number of rotatable bonds is 10. The molecule has 0 spiro atoms. The molecule has 132 valence electrons. The van der Waals surface area contributed by atoms with Crippen molar-refractivity contribution in [3.63, 3.8) is 0 Å². The van der Waals surface area contributed by atoms with Gasteiger partial charge in [-0.05, 0) is 36.4 Å². The van der Waals surface area contributed by atoms with Crippen molar-refractivity contribution in [1.29, 1.82) is 0 Å². The van der Waals surface area contributed by atoms with E-state index in [2.05, 4.69) is 24.4 Å². The van der Waals surface area contributed by atoms with Crippen molar-refractivity contribution in [2.45, 2.75) is 45.3 Å². The van der Waals surface area contributed by atoms with Gasteiger partial charge in [-0.15, -0.1) is 22.7 Å². The van der Waals surface area contributed by atoms with Crippen LogP contribution in [0.5, 0.6) is 0 Å². The number of hydrogen-bond acceptors (Lipinski definition) is 5. The fourth-order valence-corrected chi connectivity index (χ4v) is 3.83. The Morgan fingerprint density at radius 3 is 2.29 bits per heavy atom. The largest absolute Gasteiger partial charge is 0.448 e.